The third-order valence-corrected chi connectivity index (χ3v) is 3.16. The van der Waals surface area contributed by atoms with Gasteiger partial charge in [0, 0.05) is 11.1 Å². The zero-order valence-corrected chi connectivity index (χ0v) is 11.7. The quantitative estimate of drug-likeness (QED) is 0.514. The van der Waals surface area contributed by atoms with Gasteiger partial charge in [0.2, 0.25) is 0 Å². The summed E-state index contributed by atoms with van der Waals surface area (Å²) in [6.07, 6.45) is 0. The predicted molar refractivity (Wildman–Crippen MR) is 79.5 cm³/mol. The van der Waals surface area contributed by atoms with Crippen LogP contribution in [-0.4, -0.2) is 16.8 Å². The lowest BCUT2D eigenvalue weighted by atomic mass is 10.1. The number of carbonyl (C=O) groups excluding carboxylic acids is 1. The highest BCUT2D eigenvalue weighted by molar-refractivity contribution is 6.10. The van der Waals surface area contributed by atoms with Crippen LogP contribution in [-0.2, 0) is 0 Å². The van der Waals surface area contributed by atoms with E-state index in [4.69, 9.17) is 5.21 Å². The van der Waals surface area contributed by atoms with Crippen LogP contribution in [0.4, 0.5) is 10.1 Å². The molecule has 0 fully saturated rings. The molecule has 1 amide bonds. The lowest BCUT2D eigenvalue weighted by molar-refractivity contribution is 0.102. The second-order valence-corrected chi connectivity index (χ2v) is 4.64. The number of para-hydroxylation sites is 1. The van der Waals surface area contributed by atoms with Crippen LogP contribution in [0.1, 0.15) is 28.4 Å². The molecule has 2 rings (SSSR count). The Morgan fingerprint density at radius 3 is 2.62 bits per heavy atom. The largest absolute Gasteiger partial charge is 0.411 e. The molecular weight excluding hydrogens is 271 g/mol. The van der Waals surface area contributed by atoms with Gasteiger partial charge in [0.1, 0.15) is 5.82 Å². The van der Waals surface area contributed by atoms with Gasteiger partial charge in [0.05, 0.1) is 11.4 Å². The van der Waals surface area contributed by atoms with Gasteiger partial charge in [-0.3, -0.25) is 4.79 Å². The predicted octanol–water partition coefficient (Wildman–Crippen LogP) is 3.58. The Labute approximate surface area is 121 Å². The van der Waals surface area contributed by atoms with Gasteiger partial charge in [0.25, 0.3) is 5.91 Å². The number of hydrogen-bond donors (Lipinski definition) is 2. The van der Waals surface area contributed by atoms with E-state index >= 15 is 0 Å². The molecule has 0 aliphatic carbocycles. The van der Waals surface area contributed by atoms with Gasteiger partial charge in [-0.1, -0.05) is 29.4 Å². The monoisotopic (exact) mass is 286 g/mol. The number of rotatable bonds is 3. The summed E-state index contributed by atoms with van der Waals surface area (Å²) < 4.78 is 13.3. The fourth-order valence-electron chi connectivity index (χ4n) is 1.99. The van der Waals surface area contributed by atoms with E-state index in [-0.39, 0.29) is 5.56 Å². The topological polar surface area (TPSA) is 61.7 Å². The smallest absolute Gasteiger partial charge is 0.256 e. The van der Waals surface area contributed by atoms with Crippen LogP contribution in [0.2, 0.25) is 0 Å². The molecule has 0 aliphatic rings. The SMILES string of the molecule is CC(=NO)c1ccccc1NC(=O)c1cc(F)ccc1C. The number of nitrogens with one attached hydrogen (secondary N) is 1. The molecule has 0 spiro atoms. The van der Waals surface area contributed by atoms with Crippen molar-refractivity contribution in [2.24, 2.45) is 5.16 Å². The number of hydrogen-bond acceptors (Lipinski definition) is 3. The number of amides is 1. The van der Waals surface area contributed by atoms with Gasteiger partial charge in [-0.2, -0.15) is 0 Å². The van der Waals surface area contributed by atoms with Crippen LogP contribution in [0.15, 0.2) is 47.6 Å². The molecule has 2 N–H and O–H groups in total. The van der Waals surface area contributed by atoms with Gasteiger partial charge >= 0.3 is 0 Å². The van der Waals surface area contributed by atoms with Crippen molar-refractivity contribution < 1.29 is 14.4 Å². The second kappa shape index (κ2) is 6.17. The first-order chi connectivity index (χ1) is 10.0. The first-order valence-electron chi connectivity index (χ1n) is 6.38. The van der Waals surface area contributed by atoms with Crippen molar-refractivity contribution in [3.8, 4) is 0 Å². The average Bonchev–Trinajstić information content (AvgIpc) is 2.49. The Bertz CT molecular complexity index is 711. The van der Waals surface area contributed by atoms with E-state index in [1.807, 2.05) is 0 Å². The Balaban J connectivity index is 2.34. The van der Waals surface area contributed by atoms with Crippen LogP contribution >= 0.6 is 0 Å². The molecule has 0 aliphatic heterocycles. The Hall–Kier alpha value is -2.69. The summed E-state index contributed by atoms with van der Waals surface area (Å²) in [5.74, 6) is -0.877. The lowest BCUT2D eigenvalue weighted by Gasteiger charge is -2.11. The van der Waals surface area contributed by atoms with Crippen LogP contribution in [0.25, 0.3) is 0 Å². The number of benzene rings is 2. The third kappa shape index (κ3) is 3.25. The lowest BCUT2D eigenvalue weighted by Crippen LogP contribution is -2.16. The van der Waals surface area contributed by atoms with Gasteiger partial charge in [-0.15, -0.1) is 0 Å². The Morgan fingerprint density at radius 1 is 1.19 bits per heavy atom. The molecule has 108 valence electrons. The van der Waals surface area contributed by atoms with E-state index in [0.29, 0.717) is 22.5 Å². The van der Waals surface area contributed by atoms with Crippen molar-refractivity contribution in [1.82, 2.24) is 0 Å². The zero-order chi connectivity index (χ0) is 15.4. The maximum absolute atomic E-state index is 13.3. The molecule has 0 saturated heterocycles. The van der Waals surface area contributed by atoms with E-state index < -0.39 is 11.7 Å². The van der Waals surface area contributed by atoms with Gasteiger partial charge in [0.15, 0.2) is 0 Å². The molecule has 0 radical (unpaired) electrons. The Kier molecular flexibility index (Phi) is 4.33. The van der Waals surface area contributed by atoms with E-state index in [1.54, 1.807) is 44.2 Å². The van der Waals surface area contributed by atoms with E-state index in [9.17, 15) is 9.18 Å². The molecule has 0 saturated carbocycles. The van der Waals surface area contributed by atoms with Crippen molar-refractivity contribution in [2.45, 2.75) is 13.8 Å². The normalized spacial score (nSPS) is 11.3. The van der Waals surface area contributed by atoms with Crippen molar-refractivity contribution in [3.63, 3.8) is 0 Å². The van der Waals surface area contributed by atoms with E-state index in [0.717, 1.165) is 0 Å². The molecule has 0 unspecified atom stereocenters. The van der Waals surface area contributed by atoms with Crippen molar-refractivity contribution >= 4 is 17.3 Å². The van der Waals surface area contributed by atoms with Crippen LogP contribution in [0.5, 0.6) is 0 Å². The molecule has 0 bridgehead atoms. The first-order valence-corrected chi connectivity index (χ1v) is 6.38. The third-order valence-electron chi connectivity index (χ3n) is 3.16. The Morgan fingerprint density at radius 2 is 1.90 bits per heavy atom. The van der Waals surface area contributed by atoms with Gasteiger partial charge in [-0.25, -0.2) is 4.39 Å². The number of anilines is 1. The zero-order valence-electron chi connectivity index (χ0n) is 11.7. The minimum Gasteiger partial charge on any atom is -0.411 e. The maximum Gasteiger partial charge on any atom is 0.256 e. The first kappa shape index (κ1) is 14.7. The fourth-order valence-corrected chi connectivity index (χ4v) is 1.99. The molecule has 21 heavy (non-hydrogen) atoms. The molecule has 0 aromatic heterocycles. The number of oxime groups is 1. The summed E-state index contributed by atoms with van der Waals surface area (Å²) >= 11 is 0. The number of aryl methyl sites for hydroxylation is 1. The maximum atomic E-state index is 13.3. The number of nitrogens with zero attached hydrogens (tertiary/aromatic N) is 1. The summed E-state index contributed by atoms with van der Waals surface area (Å²) in [5.41, 5.74) is 2.42. The molecule has 2 aromatic rings. The van der Waals surface area contributed by atoms with Gasteiger partial charge < -0.3 is 10.5 Å². The highest BCUT2D eigenvalue weighted by Crippen LogP contribution is 2.18. The van der Waals surface area contributed by atoms with E-state index in [2.05, 4.69) is 10.5 Å². The summed E-state index contributed by atoms with van der Waals surface area (Å²) in [4.78, 5) is 12.3. The van der Waals surface area contributed by atoms with Crippen molar-refractivity contribution in [2.75, 3.05) is 5.32 Å². The average molecular weight is 286 g/mol. The summed E-state index contributed by atoms with van der Waals surface area (Å²) in [7, 11) is 0. The van der Waals surface area contributed by atoms with Crippen LogP contribution < -0.4 is 5.32 Å². The molecule has 2 aromatic carbocycles. The summed E-state index contributed by atoms with van der Waals surface area (Å²) in [5, 5.41) is 14.7. The fraction of sp³-hybridized carbons (Fsp3) is 0.125. The van der Waals surface area contributed by atoms with Crippen LogP contribution in [0.3, 0.4) is 0 Å². The highest BCUT2D eigenvalue weighted by Gasteiger charge is 2.13. The summed E-state index contributed by atoms with van der Waals surface area (Å²) in [6.45, 7) is 3.36. The van der Waals surface area contributed by atoms with Crippen molar-refractivity contribution in [1.29, 1.82) is 0 Å². The second-order valence-electron chi connectivity index (χ2n) is 4.64. The summed E-state index contributed by atoms with van der Waals surface area (Å²) in [6, 6.07) is 11.0. The molecule has 5 heteroatoms. The van der Waals surface area contributed by atoms with Crippen LogP contribution in [0, 0.1) is 12.7 Å². The molecule has 0 heterocycles. The van der Waals surface area contributed by atoms with E-state index in [1.165, 1.54) is 12.1 Å². The highest BCUT2D eigenvalue weighted by atomic mass is 19.1. The molecule has 0 atom stereocenters. The molecule has 4 nitrogen and oxygen atoms in total. The van der Waals surface area contributed by atoms with Crippen molar-refractivity contribution in [3.05, 3.63) is 65.0 Å². The number of carbonyl (C=O) groups is 1. The van der Waals surface area contributed by atoms with Gasteiger partial charge in [-0.05, 0) is 37.6 Å². The number of halogens is 1. The molecular formula is C16H15FN2O2. The minimum atomic E-state index is -0.466. The standard InChI is InChI=1S/C16H15FN2O2/c1-10-7-8-12(17)9-14(10)16(20)18-15-6-4-3-5-13(15)11(2)19-21/h3-9,21H,1-2H3,(H,18,20). The minimum absolute atomic E-state index is 0.267.